The molecule has 116 valence electrons. The molecule has 0 aliphatic carbocycles. The van der Waals surface area contributed by atoms with E-state index in [0.29, 0.717) is 5.11 Å². The number of rotatable bonds is 5. The van der Waals surface area contributed by atoms with E-state index in [2.05, 4.69) is 45.2 Å². The van der Waals surface area contributed by atoms with E-state index in [4.69, 9.17) is 12.2 Å². The summed E-state index contributed by atoms with van der Waals surface area (Å²) in [5.74, 6) is 0. The van der Waals surface area contributed by atoms with Crippen LogP contribution in [0.1, 0.15) is 11.1 Å². The average molecular weight is 322 g/mol. The molecule has 2 aromatic carbocycles. The fourth-order valence-corrected chi connectivity index (χ4v) is 2.55. The molecule has 0 aliphatic heterocycles. The monoisotopic (exact) mass is 322 g/mol. The number of fused-ring (bicyclic) bond motifs is 1. The van der Waals surface area contributed by atoms with Crippen molar-refractivity contribution >= 4 is 34.4 Å². The molecule has 4 nitrogen and oxygen atoms in total. The van der Waals surface area contributed by atoms with E-state index in [-0.39, 0.29) is 0 Å². The Hall–Kier alpha value is -2.66. The van der Waals surface area contributed by atoms with E-state index in [0.717, 1.165) is 24.0 Å². The first kappa shape index (κ1) is 15.2. The standard InChI is InChI=1S/C18H18N4S/c23-18(22-21-12-14-6-2-1-3-7-14)19-11-10-15-13-20-17-9-5-4-8-16(15)17/h1-9,12-13,20H,10-11H2,(H2,19,22,23)/b21-12+. The minimum absolute atomic E-state index is 0.525. The van der Waals surface area contributed by atoms with Crippen LogP contribution in [0.25, 0.3) is 10.9 Å². The Morgan fingerprint density at radius 3 is 2.74 bits per heavy atom. The summed E-state index contributed by atoms with van der Waals surface area (Å²) in [6, 6.07) is 18.2. The van der Waals surface area contributed by atoms with Gasteiger partial charge in [0.1, 0.15) is 0 Å². The second kappa shape index (κ2) is 7.56. The molecule has 0 aliphatic rings. The molecule has 0 fully saturated rings. The maximum atomic E-state index is 5.22. The normalized spacial score (nSPS) is 11.0. The first-order chi connectivity index (χ1) is 11.3. The van der Waals surface area contributed by atoms with Crippen LogP contribution in [0.15, 0.2) is 65.9 Å². The van der Waals surface area contributed by atoms with Gasteiger partial charge in [-0.15, -0.1) is 0 Å². The number of benzene rings is 2. The zero-order valence-corrected chi connectivity index (χ0v) is 13.4. The highest BCUT2D eigenvalue weighted by Gasteiger charge is 2.02. The van der Waals surface area contributed by atoms with Crippen LogP contribution in [-0.2, 0) is 6.42 Å². The quantitative estimate of drug-likeness (QED) is 0.384. The second-order valence-corrected chi connectivity index (χ2v) is 5.55. The van der Waals surface area contributed by atoms with Gasteiger partial charge in [-0.3, -0.25) is 5.43 Å². The van der Waals surface area contributed by atoms with E-state index in [1.54, 1.807) is 6.21 Å². The summed E-state index contributed by atoms with van der Waals surface area (Å²) in [5.41, 5.74) is 6.30. The third-order valence-electron chi connectivity index (χ3n) is 3.53. The van der Waals surface area contributed by atoms with Gasteiger partial charge in [0.25, 0.3) is 0 Å². The molecule has 1 aromatic heterocycles. The minimum Gasteiger partial charge on any atom is -0.361 e. The lowest BCUT2D eigenvalue weighted by Gasteiger charge is -2.06. The number of aromatic amines is 1. The first-order valence-electron chi connectivity index (χ1n) is 7.50. The van der Waals surface area contributed by atoms with Gasteiger partial charge >= 0.3 is 0 Å². The molecule has 3 rings (SSSR count). The topological polar surface area (TPSA) is 52.2 Å². The Balaban J connectivity index is 1.45. The molecule has 0 radical (unpaired) electrons. The molecule has 0 saturated heterocycles. The molecule has 3 N–H and O–H groups in total. The number of thiocarbonyl (C=S) groups is 1. The third-order valence-corrected chi connectivity index (χ3v) is 3.77. The fraction of sp³-hybridized carbons (Fsp3) is 0.111. The highest BCUT2D eigenvalue weighted by atomic mass is 32.1. The number of H-pyrrole nitrogens is 1. The molecule has 0 spiro atoms. The van der Waals surface area contributed by atoms with Gasteiger partial charge in [0.15, 0.2) is 5.11 Å². The SMILES string of the molecule is S=C(NCCc1c[nH]c2ccccc12)N/N=C/c1ccccc1. The molecule has 3 aromatic rings. The lowest BCUT2D eigenvalue weighted by molar-refractivity contribution is 0.841. The van der Waals surface area contributed by atoms with E-state index in [1.165, 1.54) is 10.9 Å². The van der Waals surface area contributed by atoms with Crippen molar-refractivity contribution in [3.63, 3.8) is 0 Å². The number of aromatic nitrogens is 1. The molecule has 5 heteroatoms. The fourth-order valence-electron chi connectivity index (χ4n) is 2.39. The van der Waals surface area contributed by atoms with Crippen molar-refractivity contribution in [2.75, 3.05) is 6.54 Å². The molecular formula is C18H18N4S. The van der Waals surface area contributed by atoms with Crippen molar-refractivity contribution < 1.29 is 0 Å². The molecule has 0 bridgehead atoms. The third kappa shape index (κ3) is 4.17. The molecule has 0 atom stereocenters. The maximum absolute atomic E-state index is 5.22. The summed E-state index contributed by atoms with van der Waals surface area (Å²) < 4.78 is 0. The first-order valence-corrected chi connectivity index (χ1v) is 7.91. The van der Waals surface area contributed by atoms with Gasteiger partial charge in [-0.25, -0.2) is 0 Å². The number of hydrogen-bond acceptors (Lipinski definition) is 2. The van der Waals surface area contributed by atoms with Crippen molar-refractivity contribution in [3.8, 4) is 0 Å². The largest absolute Gasteiger partial charge is 0.361 e. The molecule has 23 heavy (non-hydrogen) atoms. The Morgan fingerprint density at radius 2 is 1.87 bits per heavy atom. The predicted molar refractivity (Wildman–Crippen MR) is 99.8 cm³/mol. The Kier molecular flexibility index (Phi) is 5.01. The van der Waals surface area contributed by atoms with E-state index < -0.39 is 0 Å². The summed E-state index contributed by atoms with van der Waals surface area (Å²) in [7, 11) is 0. The van der Waals surface area contributed by atoms with Crippen molar-refractivity contribution in [1.29, 1.82) is 0 Å². The van der Waals surface area contributed by atoms with Crippen LogP contribution in [0.4, 0.5) is 0 Å². The molecule has 0 saturated carbocycles. The van der Waals surface area contributed by atoms with Gasteiger partial charge < -0.3 is 10.3 Å². The second-order valence-electron chi connectivity index (χ2n) is 5.15. The number of nitrogens with zero attached hydrogens (tertiary/aromatic N) is 1. The van der Waals surface area contributed by atoms with Gasteiger partial charge in [-0.2, -0.15) is 5.10 Å². The highest BCUT2D eigenvalue weighted by molar-refractivity contribution is 7.80. The van der Waals surface area contributed by atoms with E-state index in [9.17, 15) is 0 Å². The number of hydrazone groups is 1. The molecular weight excluding hydrogens is 304 g/mol. The summed E-state index contributed by atoms with van der Waals surface area (Å²) >= 11 is 5.22. The van der Waals surface area contributed by atoms with Gasteiger partial charge in [-0.1, -0.05) is 48.5 Å². The van der Waals surface area contributed by atoms with Gasteiger partial charge in [0.05, 0.1) is 6.21 Å². The summed E-state index contributed by atoms with van der Waals surface area (Å²) in [5, 5.41) is 9.07. The Bertz CT molecular complexity index is 808. The van der Waals surface area contributed by atoms with Crippen LogP contribution in [0.2, 0.25) is 0 Å². The van der Waals surface area contributed by atoms with Crippen LogP contribution in [0.5, 0.6) is 0 Å². The number of nitrogens with one attached hydrogen (secondary N) is 3. The van der Waals surface area contributed by atoms with Crippen molar-refractivity contribution in [3.05, 3.63) is 71.9 Å². The summed E-state index contributed by atoms with van der Waals surface area (Å²) in [6.07, 6.45) is 4.69. The number of hydrogen-bond donors (Lipinski definition) is 3. The summed E-state index contributed by atoms with van der Waals surface area (Å²) in [6.45, 7) is 0.758. The van der Waals surface area contributed by atoms with Crippen molar-refractivity contribution in [2.24, 2.45) is 5.10 Å². The maximum Gasteiger partial charge on any atom is 0.186 e. The highest BCUT2D eigenvalue weighted by Crippen LogP contribution is 2.17. The van der Waals surface area contributed by atoms with Crippen LogP contribution < -0.4 is 10.7 Å². The van der Waals surface area contributed by atoms with Crippen molar-refractivity contribution in [2.45, 2.75) is 6.42 Å². The van der Waals surface area contributed by atoms with Gasteiger partial charge in [0.2, 0.25) is 0 Å². The predicted octanol–water partition coefficient (Wildman–Crippen LogP) is 3.21. The van der Waals surface area contributed by atoms with Gasteiger partial charge in [-0.05, 0) is 35.8 Å². The van der Waals surface area contributed by atoms with Crippen LogP contribution in [-0.4, -0.2) is 22.9 Å². The van der Waals surface area contributed by atoms with Crippen LogP contribution in [0, 0.1) is 0 Å². The minimum atomic E-state index is 0.525. The smallest absolute Gasteiger partial charge is 0.186 e. The van der Waals surface area contributed by atoms with Crippen LogP contribution >= 0.6 is 12.2 Å². The zero-order valence-electron chi connectivity index (χ0n) is 12.6. The lowest BCUT2D eigenvalue weighted by atomic mass is 10.1. The van der Waals surface area contributed by atoms with E-state index >= 15 is 0 Å². The number of para-hydroxylation sites is 1. The molecule has 0 unspecified atom stereocenters. The molecule has 0 amide bonds. The average Bonchev–Trinajstić information content (AvgIpc) is 2.99. The zero-order chi connectivity index (χ0) is 15.9. The van der Waals surface area contributed by atoms with E-state index in [1.807, 2.05) is 36.4 Å². The Morgan fingerprint density at radius 1 is 1.09 bits per heavy atom. The van der Waals surface area contributed by atoms with Crippen molar-refractivity contribution in [1.82, 2.24) is 15.7 Å². The van der Waals surface area contributed by atoms with Gasteiger partial charge in [0, 0.05) is 23.6 Å². The summed E-state index contributed by atoms with van der Waals surface area (Å²) in [4.78, 5) is 3.28. The Labute approximate surface area is 140 Å². The molecule has 1 heterocycles. The lowest BCUT2D eigenvalue weighted by Crippen LogP contribution is -2.33. The van der Waals surface area contributed by atoms with Crippen LogP contribution in [0.3, 0.4) is 0 Å².